The molecule has 1 saturated heterocycles. The molecule has 1 aromatic carbocycles. The summed E-state index contributed by atoms with van der Waals surface area (Å²) in [4.78, 5) is 0. The van der Waals surface area contributed by atoms with E-state index in [0.717, 1.165) is 18.9 Å². The number of benzene rings is 1. The minimum absolute atomic E-state index is 0. The van der Waals surface area contributed by atoms with Crippen molar-refractivity contribution in [3.63, 3.8) is 0 Å². The maximum atomic E-state index is 13.2. The minimum Gasteiger partial charge on any atom is -0.505 e. The topological polar surface area (TPSA) is 55.5 Å². The van der Waals surface area contributed by atoms with Gasteiger partial charge in [-0.05, 0) is 24.8 Å². The van der Waals surface area contributed by atoms with Crippen molar-refractivity contribution in [2.24, 2.45) is 11.7 Å². The van der Waals surface area contributed by atoms with Crippen molar-refractivity contribution in [3.8, 4) is 5.75 Å². The van der Waals surface area contributed by atoms with E-state index in [1.54, 1.807) is 0 Å². The van der Waals surface area contributed by atoms with Gasteiger partial charge in [0, 0.05) is 24.8 Å². The maximum Gasteiger partial charge on any atom is 0.200 e. The van der Waals surface area contributed by atoms with Crippen LogP contribution in [0.5, 0.6) is 5.75 Å². The standard InChI is InChI=1S/C12H15F2NO2.ClH/c13-9-2-1-8(12(16)10(9)14)11(15)7-3-5-17-6-4-7;/h1-2,7,11,16H,3-6,15H2;1H/t11-;/m1./s1. The molecule has 18 heavy (non-hydrogen) atoms. The Bertz CT molecular complexity index is 411. The molecule has 1 aliphatic rings. The molecule has 0 radical (unpaired) electrons. The second-order valence-corrected chi connectivity index (χ2v) is 4.27. The molecule has 0 aromatic heterocycles. The molecule has 3 nitrogen and oxygen atoms in total. The molecule has 1 fully saturated rings. The summed E-state index contributed by atoms with van der Waals surface area (Å²) in [6.45, 7) is 1.23. The van der Waals surface area contributed by atoms with Crippen LogP contribution in [0.3, 0.4) is 0 Å². The van der Waals surface area contributed by atoms with Gasteiger partial charge in [-0.1, -0.05) is 6.07 Å². The average molecular weight is 280 g/mol. The Morgan fingerprint density at radius 3 is 2.50 bits per heavy atom. The Kier molecular flexibility index (Phi) is 5.31. The largest absolute Gasteiger partial charge is 0.505 e. The van der Waals surface area contributed by atoms with E-state index in [1.807, 2.05) is 0 Å². The van der Waals surface area contributed by atoms with Crippen LogP contribution in [0.1, 0.15) is 24.4 Å². The van der Waals surface area contributed by atoms with Crippen molar-refractivity contribution < 1.29 is 18.6 Å². The third-order valence-electron chi connectivity index (χ3n) is 3.23. The number of ether oxygens (including phenoxy) is 1. The first-order valence-corrected chi connectivity index (χ1v) is 5.61. The fourth-order valence-electron chi connectivity index (χ4n) is 2.15. The highest BCUT2D eigenvalue weighted by Gasteiger charge is 2.26. The molecule has 0 aliphatic carbocycles. The maximum absolute atomic E-state index is 13.2. The van der Waals surface area contributed by atoms with E-state index in [4.69, 9.17) is 10.5 Å². The summed E-state index contributed by atoms with van der Waals surface area (Å²) in [6.07, 6.45) is 1.53. The molecular formula is C12H16ClF2NO2. The summed E-state index contributed by atoms with van der Waals surface area (Å²) in [5.41, 5.74) is 6.24. The van der Waals surface area contributed by atoms with E-state index in [-0.39, 0.29) is 23.9 Å². The summed E-state index contributed by atoms with van der Waals surface area (Å²) in [7, 11) is 0. The summed E-state index contributed by atoms with van der Waals surface area (Å²) in [6, 6.07) is 1.84. The smallest absolute Gasteiger partial charge is 0.200 e. The van der Waals surface area contributed by atoms with E-state index in [1.165, 1.54) is 6.07 Å². The molecule has 1 atom stereocenters. The van der Waals surface area contributed by atoms with Crippen LogP contribution in [0.2, 0.25) is 0 Å². The molecule has 1 aliphatic heterocycles. The molecule has 6 heteroatoms. The van der Waals surface area contributed by atoms with Gasteiger partial charge in [0.25, 0.3) is 0 Å². The Morgan fingerprint density at radius 1 is 1.28 bits per heavy atom. The van der Waals surface area contributed by atoms with Crippen LogP contribution in [-0.4, -0.2) is 18.3 Å². The van der Waals surface area contributed by atoms with E-state index >= 15 is 0 Å². The normalized spacial score (nSPS) is 18.2. The lowest BCUT2D eigenvalue weighted by atomic mass is 9.87. The van der Waals surface area contributed by atoms with Crippen LogP contribution in [0, 0.1) is 17.6 Å². The number of halogens is 3. The minimum atomic E-state index is -1.23. The zero-order valence-corrected chi connectivity index (χ0v) is 10.6. The molecule has 3 N–H and O–H groups in total. The predicted octanol–water partition coefficient (Wildman–Crippen LogP) is 2.52. The number of hydrogen-bond donors (Lipinski definition) is 2. The molecular weight excluding hydrogens is 264 g/mol. The van der Waals surface area contributed by atoms with Crippen molar-refractivity contribution in [3.05, 3.63) is 29.3 Å². The van der Waals surface area contributed by atoms with Gasteiger partial charge in [0.2, 0.25) is 5.82 Å². The Hall–Kier alpha value is -0.910. The van der Waals surface area contributed by atoms with Gasteiger partial charge in [-0.3, -0.25) is 0 Å². The highest BCUT2D eigenvalue weighted by atomic mass is 35.5. The van der Waals surface area contributed by atoms with Gasteiger partial charge >= 0.3 is 0 Å². The molecule has 2 rings (SSSR count). The third kappa shape index (κ3) is 2.91. The highest BCUT2D eigenvalue weighted by Crippen LogP contribution is 2.34. The first-order valence-electron chi connectivity index (χ1n) is 5.61. The van der Waals surface area contributed by atoms with Crippen molar-refractivity contribution in [1.82, 2.24) is 0 Å². The molecule has 0 amide bonds. The Balaban J connectivity index is 0.00000162. The fourth-order valence-corrected chi connectivity index (χ4v) is 2.15. The van der Waals surface area contributed by atoms with E-state index in [2.05, 4.69) is 0 Å². The second-order valence-electron chi connectivity index (χ2n) is 4.27. The molecule has 1 aromatic rings. The first kappa shape index (κ1) is 15.1. The monoisotopic (exact) mass is 279 g/mol. The number of hydrogen-bond acceptors (Lipinski definition) is 3. The van der Waals surface area contributed by atoms with E-state index < -0.39 is 23.4 Å². The lowest BCUT2D eigenvalue weighted by Gasteiger charge is -2.28. The number of nitrogens with two attached hydrogens (primary N) is 1. The number of aromatic hydroxyl groups is 1. The fraction of sp³-hybridized carbons (Fsp3) is 0.500. The van der Waals surface area contributed by atoms with Gasteiger partial charge in [0.15, 0.2) is 11.6 Å². The van der Waals surface area contributed by atoms with Crippen LogP contribution in [0.25, 0.3) is 0 Å². The molecule has 102 valence electrons. The van der Waals surface area contributed by atoms with Crippen molar-refractivity contribution in [2.75, 3.05) is 13.2 Å². The SMILES string of the molecule is Cl.N[C@@H](c1ccc(F)c(F)c1O)C1CCOCC1. The Morgan fingerprint density at radius 2 is 1.89 bits per heavy atom. The van der Waals surface area contributed by atoms with Gasteiger partial charge in [0.1, 0.15) is 0 Å². The number of phenols is 1. The van der Waals surface area contributed by atoms with Gasteiger partial charge < -0.3 is 15.6 Å². The van der Waals surface area contributed by atoms with Gasteiger partial charge in [-0.25, -0.2) is 4.39 Å². The Labute approximate surface area is 110 Å². The van der Waals surface area contributed by atoms with Crippen LogP contribution in [-0.2, 0) is 4.74 Å². The summed E-state index contributed by atoms with van der Waals surface area (Å²) < 4.78 is 31.3. The molecule has 1 heterocycles. The number of phenolic OH excluding ortho intramolecular Hbond substituents is 1. The highest BCUT2D eigenvalue weighted by molar-refractivity contribution is 5.85. The van der Waals surface area contributed by atoms with Crippen molar-refractivity contribution >= 4 is 12.4 Å². The van der Waals surface area contributed by atoms with Crippen LogP contribution in [0.15, 0.2) is 12.1 Å². The van der Waals surface area contributed by atoms with Gasteiger partial charge in [-0.2, -0.15) is 4.39 Å². The van der Waals surface area contributed by atoms with Gasteiger partial charge in [0.05, 0.1) is 0 Å². The van der Waals surface area contributed by atoms with E-state index in [9.17, 15) is 13.9 Å². The van der Waals surface area contributed by atoms with E-state index in [0.29, 0.717) is 13.2 Å². The zero-order valence-electron chi connectivity index (χ0n) is 9.73. The average Bonchev–Trinajstić information content (AvgIpc) is 2.36. The van der Waals surface area contributed by atoms with Crippen LogP contribution >= 0.6 is 12.4 Å². The summed E-state index contributed by atoms with van der Waals surface area (Å²) in [5.74, 6) is -2.85. The number of rotatable bonds is 2. The third-order valence-corrected chi connectivity index (χ3v) is 3.23. The van der Waals surface area contributed by atoms with Crippen LogP contribution < -0.4 is 5.73 Å². The summed E-state index contributed by atoms with van der Waals surface area (Å²) >= 11 is 0. The lowest BCUT2D eigenvalue weighted by Crippen LogP contribution is -2.27. The molecule has 0 bridgehead atoms. The zero-order chi connectivity index (χ0) is 12.4. The summed E-state index contributed by atoms with van der Waals surface area (Å²) in [5, 5.41) is 9.55. The molecule has 0 spiro atoms. The van der Waals surface area contributed by atoms with Gasteiger partial charge in [-0.15, -0.1) is 12.4 Å². The van der Waals surface area contributed by atoms with Crippen LogP contribution in [0.4, 0.5) is 8.78 Å². The first-order chi connectivity index (χ1) is 8.11. The molecule has 0 unspecified atom stereocenters. The predicted molar refractivity (Wildman–Crippen MR) is 65.7 cm³/mol. The quantitative estimate of drug-likeness (QED) is 0.875. The van der Waals surface area contributed by atoms with Crippen molar-refractivity contribution in [1.29, 1.82) is 0 Å². The lowest BCUT2D eigenvalue weighted by molar-refractivity contribution is 0.0580. The molecule has 0 saturated carbocycles. The van der Waals surface area contributed by atoms with Crippen molar-refractivity contribution in [2.45, 2.75) is 18.9 Å². The second kappa shape index (κ2) is 6.31.